The van der Waals surface area contributed by atoms with E-state index in [9.17, 15) is 5.11 Å². The maximum absolute atomic E-state index is 11.8. The summed E-state index contributed by atoms with van der Waals surface area (Å²) in [6, 6.07) is 51.5. The molecule has 5 heteroatoms. The van der Waals surface area contributed by atoms with Crippen molar-refractivity contribution in [1.29, 1.82) is 0 Å². The smallest absolute Gasteiger partial charge is 0.148 e. The van der Waals surface area contributed by atoms with Gasteiger partial charge in [0.2, 0.25) is 0 Å². The van der Waals surface area contributed by atoms with Crippen molar-refractivity contribution >= 4 is 11.0 Å². The number of aromatic hydroxyl groups is 1. The molecule has 0 aliphatic rings. The van der Waals surface area contributed by atoms with Crippen LogP contribution in [0.2, 0.25) is 0 Å². The SMILES string of the molecule is CCC(C)(CC)c1ccc(-c2ccnc(-c3[c-]c(-c4cccc5c4nc(-c4cc(C(C)(C)C)ccc4O)n5-c4ccc(C(C)(C)C)cc4-c4ccccc4)cc(C(C)(C)C)c3)c2)cc1.[Pt]. The Bertz CT molecular complexity index is 2970. The summed E-state index contributed by atoms with van der Waals surface area (Å²) in [4.78, 5) is 10.5. The van der Waals surface area contributed by atoms with E-state index in [1.807, 2.05) is 18.3 Å². The Hall–Kier alpha value is -5.57. The van der Waals surface area contributed by atoms with Gasteiger partial charge in [-0.05, 0) is 104 Å². The molecule has 336 valence electrons. The number of rotatable bonds is 9. The van der Waals surface area contributed by atoms with E-state index >= 15 is 0 Å². The van der Waals surface area contributed by atoms with Crippen LogP contribution in [0.25, 0.3) is 72.7 Å². The summed E-state index contributed by atoms with van der Waals surface area (Å²) in [5, 5.41) is 11.8. The summed E-state index contributed by atoms with van der Waals surface area (Å²) >= 11 is 0. The van der Waals surface area contributed by atoms with Crippen molar-refractivity contribution in [3.8, 4) is 67.5 Å². The quantitative estimate of drug-likeness (QED) is 0.147. The first-order chi connectivity index (χ1) is 30.3. The molecule has 0 unspecified atom stereocenters. The fourth-order valence-corrected chi connectivity index (χ4v) is 8.74. The summed E-state index contributed by atoms with van der Waals surface area (Å²) in [6.07, 6.45) is 4.12. The topological polar surface area (TPSA) is 50.9 Å². The van der Waals surface area contributed by atoms with E-state index in [2.05, 4.69) is 215 Å². The van der Waals surface area contributed by atoms with E-state index < -0.39 is 0 Å². The fraction of sp³-hybridized carbons (Fsp3) is 0.300. The van der Waals surface area contributed by atoms with Gasteiger partial charge in [0, 0.05) is 38.5 Å². The van der Waals surface area contributed by atoms with Crippen molar-refractivity contribution in [2.45, 2.75) is 118 Å². The molecule has 0 amide bonds. The van der Waals surface area contributed by atoms with Gasteiger partial charge in [-0.2, -0.15) is 0 Å². The van der Waals surface area contributed by atoms with Gasteiger partial charge in [0.25, 0.3) is 0 Å². The largest absolute Gasteiger partial charge is 0.507 e. The van der Waals surface area contributed by atoms with Gasteiger partial charge in [-0.1, -0.05) is 179 Å². The van der Waals surface area contributed by atoms with Gasteiger partial charge in [0.05, 0.1) is 22.3 Å². The van der Waals surface area contributed by atoms with Crippen LogP contribution in [0, 0.1) is 6.07 Å². The molecule has 2 heterocycles. The second kappa shape index (κ2) is 18.0. The minimum absolute atomic E-state index is 0. The summed E-state index contributed by atoms with van der Waals surface area (Å²) in [5.74, 6) is 0.866. The maximum Gasteiger partial charge on any atom is 0.148 e. The third-order valence-corrected chi connectivity index (χ3v) is 13.5. The van der Waals surface area contributed by atoms with E-state index in [0.29, 0.717) is 11.4 Å². The van der Waals surface area contributed by atoms with Crippen LogP contribution in [0.4, 0.5) is 0 Å². The zero-order valence-electron chi connectivity index (χ0n) is 40.3. The zero-order valence-corrected chi connectivity index (χ0v) is 42.6. The Morgan fingerprint density at radius 1 is 0.523 bits per heavy atom. The minimum atomic E-state index is -0.158. The van der Waals surface area contributed by atoms with Gasteiger partial charge in [0.15, 0.2) is 0 Å². The Morgan fingerprint density at radius 2 is 1.12 bits per heavy atom. The second-order valence-electron chi connectivity index (χ2n) is 21.0. The zero-order chi connectivity index (χ0) is 45.8. The average Bonchev–Trinajstić information content (AvgIpc) is 3.67. The molecule has 8 aromatic rings. The number of hydrogen-bond acceptors (Lipinski definition) is 3. The molecule has 0 spiro atoms. The van der Waals surface area contributed by atoms with Crippen molar-refractivity contribution in [2.24, 2.45) is 0 Å². The second-order valence-corrected chi connectivity index (χ2v) is 21.0. The molecule has 0 fully saturated rings. The number of nitrogens with zero attached hydrogens (tertiary/aromatic N) is 3. The maximum atomic E-state index is 11.8. The van der Waals surface area contributed by atoms with Crippen molar-refractivity contribution in [2.75, 3.05) is 0 Å². The number of benzene rings is 6. The van der Waals surface area contributed by atoms with Gasteiger partial charge in [-0.25, -0.2) is 4.98 Å². The Labute approximate surface area is 402 Å². The Morgan fingerprint density at radius 3 is 1.75 bits per heavy atom. The fourth-order valence-electron chi connectivity index (χ4n) is 8.74. The summed E-state index contributed by atoms with van der Waals surface area (Å²) in [5.41, 5.74) is 16.4. The van der Waals surface area contributed by atoms with E-state index in [4.69, 9.17) is 9.97 Å². The van der Waals surface area contributed by atoms with Crippen LogP contribution in [0.3, 0.4) is 0 Å². The predicted octanol–water partition coefficient (Wildman–Crippen LogP) is 16.2. The number of aromatic nitrogens is 3. The first kappa shape index (κ1) is 47.4. The minimum Gasteiger partial charge on any atom is -0.507 e. The van der Waals surface area contributed by atoms with E-state index in [0.717, 1.165) is 74.2 Å². The normalized spacial score (nSPS) is 12.4. The molecule has 65 heavy (non-hydrogen) atoms. The molecule has 6 aromatic carbocycles. The summed E-state index contributed by atoms with van der Waals surface area (Å²) in [6.45, 7) is 27.1. The molecule has 0 atom stereocenters. The molecular formula is C60H64N3OPt-. The number of phenolic OH excluding ortho intramolecular Hbond substituents is 1. The van der Waals surface area contributed by atoms with Crippen LogP contribution < -0.4 is 0 Å². The third kappa shape index (κ3) is 9.43. The monoisotopic (exact) mass is 1040 g/mol. The van der Waals surface area contributed by atoms with Crippen LogP contribution in [0.1, 0.15) is 118 Å². The van der Waals surface area contributed by atoms with Crippen LogP contribution >= 0.6 is 0 Å². The first-order valence-corrected chi connectivity index (χ1v) is 23.0. The van der Waals surface area contributed by atoms with Gasteiger partial charge >= 0.3 is 0 Å². The molecule has 0 aliphatic heterocycles. The molecule has 0 saturated heterocycles. The molecular weight excluding hydrogens is 974 g/mol. The third-order valence-electron chi connectivity index (χ3n) is 13.5. The summed E-state index contributed by atoms with van der Waals surface area (Å²) < 4.78 is 2.25. The van der Waals surface area contributed by atoms with E-state index in [-0.39, 0.29) is 48.5 Å². The van der Waals surface area contributed by atoms with Crippen LogP contribution in [-0.2, 0) is 42.7 Å². The van der Waals surface area contributed by atoms with E-state index in [1.54, 1.807) is 0 Å². The molecule has 8 rings (SSSR count). The van der Waals surface area contributed by atoms with Crippen molar-refractivity contribution in [3.63, 3.8) is 0 Å². The first-order valence-electron chi connectivity index (χ1n) is 23.0. The number of hydrogen-bond donors (Lipinski definition) is 1. The Kier molecular flexibility index (Phi) is 13.1. The number of fused-ring (bicyclic) bond motifs is 1. The molecule has 0 saturated carbocycles. The number of para-hydroxylation sites is 1. The molecule has 2 aromatic heterocycles. The summed E-state index contributed by atoms with van der Waals surface area (Å²) in [7, 11) is 0. The Balaban J connectivity index is 0.00000630. The average molecular weight is 1040 g/mol. The van der Waals surface area contributed by atoms with Crippen molar-refractivity contribution < 1.29 is 26.2 Å². The predicted molar refractivity (Wildman–Crippen MR) is 271 cm³/mol. The van der Waals surface area contributed by atoms with Crippen molar-refractivity contribution in [3.05, 3.63) is 168 Å². The van der Waals surface area contributed by atoms with Crippen LogP contribution in [-0.4, -0.2) is 19.6 Å². The van der Waals surface area contributed by atoms with Gasteiger partial charge in [0.1, 0.15) is 11.6 Å². The number of phenols is 1. The number of imidazole rings is 1. The van der Waals surface area contributed by atoms with Crippen molar-refractivity contribution in [1.82, 2.24) is 14.5 Å². The molecule has 0 aliphatic carbocycles. The van der Waals surface area contributed by atoms with Gasteiger partial charge < -0.3 is 5.11 Å². The van der Waals surface area contributed by atoms with E-state index in [1.165, 1.54) is 22.3 Å². The molecule has 1 N–H and O–H groups in total. The van der Waals surface area contributed by atoms with Crippen LogP contribution in [0.15, 0.2) is 140 Å². The number of pyridine rings is 1. The standard InChI is InChI=1S/C60H64N3O.Pt/c1-13-60(12,14-2)44-25-23-39(24-26-44)41-31-32-61-51(36-41)43-33-42(34-47(35-43)59(9,10)11)48-21-18-22-53-55(48)62-56(50-38-46(58(6,7)8)28-30-54(50)64)63(53)52-29-27-45(57(3,4)5)37-49(52)40-19-16-15-17-20-40;/h15-32,34-38,64H,13-14H2,1-12H3;/q-1;. The molecule has 4 nitrogen and oxygen atoms in total. The van der Waals surface area contributed by atoms with Gasteiger partial charge in [-0.3, -0.25) is 9.55 Å². The molecule has 0 bridgehead atoms. The van der Waals surface area contributed by atoms with Crippen LogP contribution in [0.5, 0.6) is 5.75 Å². The van der Waals surface area contributed by atoms with Gasteiger partial charge in [-0.15, -0.1) is 29.3 Å². The molecule has 0 radical (unpaired) electrons.